The van der Waals surface area contributed by atoms with Gasteiger partial charge in [-0.3, -0.25) is 0 Å². The summed E-state index contributed by atoms with van der Waals surface area (Å²) in [6.07, 6.45) is 5.29. The molecule has 0 bridgehead atoms. The molecule has 3 nitrogen and oxygen atoms in total. The highest BCUT2D eigenvalue weighted by molar-refractivity contribution is 5.81. The number of carbonyl (C=O) groups excluding carboxylic acids is 1. The molecule has 0 aliphatic heterocycles. The van der Waals surface area contributed by atoms with Crippen LogP contribution in [0.5, 0.6) is 0 Å². The molecule has 0 aromatic heterocycles. The second-order valence-electron chi connectivity index (χ2n) is 3.31. The zero-order valence-electron chi connectivity index (χ0n) is 8.87. The Bertz CT molecular complexity index is 166. The second-order valence-corrected chi connectivity index (χ2v) is 3.31. The van der Waals surface area contributed by atoms with Gasteiger partial charge in [0.05, 0.1) is 12.7 Å². The lowest BCUT2D eigenvalue weighted by atomic mass is 10.1. The molecule has 82 valence electrons. The van der Waals surface area contributed by atoms with E-state index in [1.165, 1.54) is 0 Å². The largest absolute Gasteiger partial charge is 0.463 e. The van der Waals surface area contributed by atoms with Crippen molar-refractivity contribution in [3.8, 4) is 0 Å². The summed E-state index contributed by atoms with van der Waals surface area (Å²) in [6, 6.07) is 0. The number of esters is 1. The number of unbranched alkanes of at least 4 members (excludes halogenated alkanes) is 1. The number of hydrogen-bond donors (Lipinski definition) is 1. The van der Waals surface area contributed by atoms with Gasteiger partial charge in [-0.25, -0.2) is 4.79 Å². The molecule has 0 amide bonds. The zero-order valence-corrected chi connectivity index (χ0v) is 8.87. The molecule has 1 unspecified atom stereocenters. The van der Waals surface area contributed by atoms with E-state index in [0.717, 1.165) is 25.3 Å². The van der Waals surface area contributed by atoms with E-state index in [9.17, 15) is 9.90 Å². The average molecular weight is 200 g/mol. The molecular formula is C11H20O3. The fourth-order valence-corrected chi connectivity index (χ4v) is 1.13. The van der Waals surface area contributed by atoms with E-state index in [1.54, 1.807) is 0 Å². The van der Waals surface area contributed by atoms with Crippen LogP contribution in [-0.4, -0.2) is 23.8 Å². The van der Waals surface area contributed by atoms with Crippen molar-refractivity contribution in [2.75, 3.05) is 6.61 Å². The Morgan fingerprint density at radius 3 is 2.71 bits per heavy atom. The molecule has 0 fully saturated rings. The monoisotopic (exact) mass is 200 g/mol. The Morgan fingerprint density at radius 2 is 2.14 bits per heavy atom. The van der Waals surface area contributed by atoms with Crippen molar-refractivity contribution in [1.29, 1.82) is 0 Å². The van der Waals surface area contributed by atoms with Crippen LogP contribution in [0.4, 0.5) is 0 Å². The Hall–Kier alpha value is -0.830. The standard InChI is InChI=1S/C11H20O3/c1-3-5-7-10(12)8-6-9-14-11(13)4-2/h4,10,12H,2-3,5-9H2,1H3. The molecule has 0 aromatic carbocycles. The molecule has 0 saturated heterocycles. The van der Waals surface area contributed by atoms with Crippen LogP contribution in [0, 0.1) is 0 Å². The summed E-state index contributed by atoms with van der Waals surface area (Å²) in [7, 11) is 0. The van der Waals surface area contributed by atoms with Crippen LogP contribution in [0.2, 0.25) is 0 Å². The van der Waals surface area contributed by atoms with Gasteiger partial charge in [0.15, 0.2) is 0 Å². The summed E-state index contributed by atoms with van der Waals surface area (Å²) in [6.45, 7) is 5.76. The summed E-state index contributed by atoms with van der Waals surface area (Å²) < 4.78 is 4.78. The van der Waals surface area contributed by atoms with Gasteiger partial charge >= 0.3 is 5.97 Å². The molecule has 0 rings (SSSR count). The first kappa shape index (κ1) is 13.2. The highest BCUT2D eigenvalue weighted by Crippen LogP contribution is 2.06. The van der Waals surface area contributed by atoms with E-state index < -0.39 is 5.97 Å². The lowest BCUT2D eigenvalue weighted by Gasteiger charge is -2.09. The normalized spacial score (nSPS) is 12.1. The van der Waals surface area contributed by atoms with Crippen LogP contribution < -0.4 is 0 Å². The van der Waals surface area contributed by atoms with Crippen molar-refractivity contribution < 1.29 is 14.6 Å². The number of rotatable bonds is 8. The molecule has 1 atom stereocenters. The van der Waals surface area contributed by atoms with E-state index in [1.807, 2.05) is 0 Å². The maximum absolute atomic E-state index is 10.6. The molecule has 0 aliphatic carbocycles. The fraction of sp³-hybridized carbons (Fsp3) is 0.727. The van der Waals surface area contributed by atoms with Crippen molar-refractivity contribution in [3.05, 3.63) is 12.7 Å². The van der Waals surface area contributed by atoms with E-state index in [0.29, 0.717) is 19.4 Å². The number of aliphatic hydroxyl groups is 1. The fourth-order valence-electron chi connectivity index (χ4n) is 1.13. The first-order valence-corrected chi connectivity index (χ1v) is 5.18. The van der Waals surface area contributed by atoms with Crippen LogP contribution in [0.25, 0.3) is 0 Å². The van der Waals surface area contributed by atoms with Crippen molar-refractivity contribution >= 4 is 5.97 Å². The Morgan fingerprint density at radius 1 is 1.50 bits per heavy atom. The van der Waals surface area contributed by atoms with Crippen LogP contribution in [0.1, 0.15) is 39.0 Å². The van der Waals surface area contributed by atoms with Gasteiger partial charge < -0.3 is 9.84 Å². The molecule has 14 heavy (non-hydrogen) atoms. The van der Waals surface area contributed by atoms with Gasteiger partial charge in [-0.05, 0) is 19.3 Å². The zero-order chi connectivity index (χ0) is 10.8. The molecular weight excluding hydrogens is 180 g/mol. The summed E-state index contributed by atoms with van der Waals surface area (Å²) in [5.41, 5.74) is 0. The first-order chi connectivity index (χ1) is 6.70. The van der Waals surface area contributed by atoms with E-state index in [4.69, 9.17) is 4.74 Å². The molecule has 1 N–H and O–H groups in total. The molecule has 0 aliphatic rings. The minimum Gasteiger partial charge on any atom is -0.463 e. The van der Waals surface area contributed by atoms with Crippen LogP contribution in [0.3, 0.4) is 0 Å². The summed E-state index contributed by atoms with van der Waals surface area (Å²) >= 11 is 0. The van der Waals surface area contributed by atoms with Crippen LogP contribution >= 0.6 is 0 Å². The number of carbonyl (C=O) groups is 1. The quantitative estimate of drug-likeness (QED) is 0.370. The Balaban J connectivity index is 3.26. The Kier molecular flexibility index (Phi) is 8.24. The lowest BCUT2D eigenvalue weighted by Crippen LogP contribution is -2.09. The third kappa shape index (κ3) is 7.80. The molecule has 0 saturated carbocycles. The van der Waals surface area contributed by atoms with E-state index in [2.05, 4.69) is 13.5 Å². The van der Waals surface area contributed by atoms with Gasteiger partial charge in [0, 0.05) is 6.08 Å². The smallest absolute Gasteiger partial charge is 0.330 e. The predicted molar refractivity (Wildman–Crippen MR) is 55.9 cm³/mol. The summed E-state index contributed by atoms with van der Waals surface area (Å²) in [5.74, 6) is -0.395. The minimum absolute atomic E-state index is 0.252. The third-order valence-electron chi connectivity index (χ3n) is 1.98. The molecule has 3 heteroatoms. The van der Waals surface area contributed by atoms with Gasteiger partial charge in [-0.2, -0.15) is 0 Å². The SMILES string of the molecule is C=CC(=O)OCCCC(O)CCCC. The van der Waals surface area contributed by atoms with Gasteiger partial charge in [-0.15, -0.1) is 0 Å². The highest BCUT2D eigenvalue weighted by Gasteiger charge is 2.03. The van der Waals surface area contributed by atoms with E-state index in [-0.39, 0.29) is 6.10 Å². The third-order valence-corrected chi connectivity index (χ3v) is 1.98. The second kappa shape index (κ2) is 8.75. The van der Waals surface area contributed by atoms with Gasteiger partial charge in [0.25, 0.3) is 0 Å². The van der Waals surface area contributed by atoms with Gasteiger partial charge in [0.1, 0.15) is 0 Å². The maximum Gasteiger partial charge on any atom is 0.330 e. The number of hydrogen-bond acceptors (Lipinski definition) is 3. The van der Waals surface area contributed by atoms with Gasteiger partial charge in [-0.1, -0.05) is 26.3 Å². The van der Waals surface area contributed by atoms with Crippen molar-refractivity contribution in [2.24, 2.45) is 0 Å². The molecule has 0 aromatic rings. The Labute approximate surface area is 85.8 Å². The lowest BCUT2D eigenvalue weighted by molar-refractivity contribution is -0.138. The maximum atomic E-state index is 10.6. The minimum atomic E-state index is -0.395. The van der Waals surface area contributed by atoms with Gasteiger partial charge in [0.2, 0.25) is 0 Å². The van der Waals surface area contributed by atoms with Crippen LogP contribution in [-0.2, 0) is 9.53 Å². The van der Waals surface area contributed by atoms with Crippen molar-refractivity contribution in [3.63, 3.8) is 0 Å². The topological polar surface area (TPSA) is 46.5 Å². The van der Waals surface area contributed by atoms with Crippen molar-refractivity contribution in [1.82, 2.24) is 0 Å². The molecule has 0 spiro atoms. The van der Waals surface area contributed by atoms with E-state index >= 15 is 0 Å². The summed E-state index contributed by atoms with van der Waals surface area (Å²) in [5, 5.41) is 9.44. The number of aliphatic hydroxyl groups excluding tert-OH is 1. The first-order valence-electron chi connectivity index (χ1n) is 5.18. The molecule has 0 radical (unpaired) electrons. The summed E-state index contributed by atoms with van der Waals surface area (Å²) in [4.78, 5) is 10.6. The predicted octanol–water partition coefficient (Wildman–Crippen LogP) is 2.05. The van der Waals surface area contributed by atoms with Crippen LogP contribution in [0.15, 0.2) is 12.7 Å². The highest BCUT2D eigenvalue weighted by atomic mass is 16.5. The number of ether oxygens (including phenoxy) is 1. The molecule has 0 heterocycles. The average Bonchev–Trinajstić information content (AvgIpc) is 2.21. The van der Waals surface area contributed by atoms with Crippen molar-refractivity contribution in [2.45, 2.75) is 45.1 Å².